The van der Waals surface area contributed by atoms with Gasteiger partial charge in [-0.3, -0.25) is 9.59 Å². The summed E-state index contributed by atoms with van der Waals surface area (Å²) in [6.07, 6.45) is 5.38. The van der Waals surface area contributed by atoms with E-state index in [0.717, 1.165) is 52.0 Å². The van der Waals surface area contributed by atoms with Crippen LogP contribution < -0.4 is 10.1 Å². The molecule has 1 N–H and O–H groups in total. The van der Waals surface area contributed by atoms with Crippen molar-refractivity contribution >= 4 is 11.8 Å². The number of hydrogen-bond donors (Lipinski definition) is 1. The normalized spacial score (nSPS) is 14.6. The first-order valence-corrected chi connectivity index (χ1v) is 10.7. The summed E-state index contributed by atoms with van der Waals surface area (Å²) in [5.41, 5.74) is 0.481. The van der Waals surface area contributed by atoms with E-state index in [1.807, 2.05) is 17.0 Å². The van der Waals surface area contributed by atoms with Crippen molar-refractivity contribution in [3.05, 3.63) is 29.8 Å². The van der Waals surface area contributed by atoms with E-state index in [4.69, 9.17) is 4.74 Å². The number of likely N-dealkylation sites (tertiary alicyclic amines) is 1. The summed E-state index contributed by atoms with van der Waals surface area (Å²) < 4.78 is 5.73. The lowest BCUT2D eigenvalue weighted by molar-refractivity contribution is -0.133. The van der Waals surface area contributed by atoms with Gasteiger partial charge < -0.3 is 19.9 Å². The van der Waals surface area contributed by atoms with Crippen LogP contribution in [0.2, 0.25) is 0 Å². The Kier molecular flexibility index (Phi) is 9.83. The molecular weight excluding hydrogens is 354 g/mol. The number of hydrogen-bond acceptors (Lipinski definition) is 4. The van der Waals surface area contributed by atoms with Gasteiger partial charge in [0.1, 0.15) is 5.75 Å². The molecule has 0 spiro atoms. The van der Waals surface area contributed by atoms with E-state index in [0.29, 0.717) is 17.9 Å². The van der Waals surface area contributed by atoms with Crippen molar-refractivity contribution < 1.29 is 14.3 Å². The summed E-state index contributed by atoms with van der Waals surface area (Å²) in [7, 11) is 0. The first kappa shape index (κ1) is 22.2. The minimum Gasteiger partial charge on any atom is -0.483 e. The number of carbonyl (C=O) groups excluding carboxylic acids is 2. The minimum absolute atomic E-state index is 0.00339. The second-order valence-corrected chi connectivity index (χ2v) is 7.22. The van der Waals surface area contributed by atoms with E-state index in [1.54, 1.807) is 12.1 Å². The quantitative estimate of drug-likeness (QED) is 0.625. The molecule has 1 aromatic carbocycles. The third-order valence-electron chi connectivity index (χ3n) is 5.27. The van der Waals surface area contributed by atoms with E-state index < -0.39 is 0 Å². The second-order valence-electron chi connectivity index (χ2n) is 7.22. The molecule has 6 heteroatoms. The Morgan fingerprint density at radius 1 is 1.07 bits per heavy atom. The fourth-order valence-corrected chi connectivity index (χ4v) is 3.47. The molecule has 0 aliphatic carbocycles. The number of amides is 2. The van der Waals surface area contributed by atoms with Gasteiger partial charge >= 0.3 is 0 Å². The first-order chi connectivity index (χ1) is 13.7. The molecule has 28 heavy (non-hydrogen) atoms. The molecule has 1 fully saturated rings. The smallest absolute Gasteiger partial charge is 0.260 e. The van der Waals surface area contributed by atoms with E-state index in [9.17, 15) is 9.59 Å². The predicted octanol–water partition coefficient (Wildman–Crippen LogP) is 2.93. The van der Waals surface area contributed by atoms with Crippen LogP contribution in [-0.2, 0) is 4.79 Å². The van der Waals surface area contributed by atoms with Crippen molar-refractivity contribution in [3.63, 3.8) is 0 Å². The lowest BCUT2D eigenvalue weighted by Crippen LogP contribution is -2.36. The van der Waals surface area contributed by atoms with Crippen LogP contribution in [0.1, 0.15) is 56.3 Å². The monoisotopic (exact) mass is 389 g/mol. The molecule has 2 amide bonds. The fourth-order valence-electron chi connectivity index (χ4n) is 3.47. The molecule has 1 aliphatic rings. The Balaban J connectivity index is 1.84. The lowest BCUT2D eigenvalue weighted by Gasteiger charge is -2.21. The molecule has 0 aromatic heterocycles. The highest BCUT2D eigenvalue weighted by molar-refractivity contribution is 5.97. The van der Waals surface area contributed by atoms with Crippen LogP contribution in [0.5, 0.6) is 5.75 Å². The maximum absolute atomic E-state index is 12.5. The molecule has 1 heterocycles. The van der Waals surface area contributed by atoms with E-state index >= 15 is 0 Å². The molecule has 1 saturated heterocycles. The number of ether oxygens (including phenoxy) is 1. The zero-order chi connectivity index (χ0) is 20.2. The van der Waals surface area contributed by atoms with Gasteiger partial charge in [0, 0.05) is 19.6 Å². The van der Waals surface area contributed by atoms with Crippen LogP contribution in [0.25, 0.3) is 0 Å². The topological polar surface area (TPSA) is 61.9 Å². The van der Waals surface area contributed by atoms with Crippen molar-refractivity contribution in [2.45, 2.75) is 46.0 Å². The highest BCUT2D eigenvalue weighted by atomic mass is 16.5. The maximum atomic E-state index is 12.5. The zero-order valence-corrected chi connectivity index (χ0v) is 17.4. The van der Waals surface area contributed by atoms with Gasteiger partial charge in [0.15, 0.2) is 6.61 Å². The van der Waals surface area contributed by atoms with Crippen LogP contribution in [0, 0.1) is 0 Å². The Morgan fingerprint density at radius 3 is 2.43 bits per heavy atom. The standard InChI is InChI=1S/C22H35N3O3/c1-3-24(4-2)15-11-14-23-22(27)19-12-7-8-13-20(19)28-18-21(26)25-16-9-5-6-10-17-25/h7-8,12-13H,3-6,9-11,14-18H2,1-2H3,(H,23,27). The third-order valence-corrected chi connectivity index (χ3v) is 5.27. The van der Waals surface area contributed by atoms with Gasteiger partial charge in [-0.2, -0.15) is 0 Å². The number of carbonyl (C=O) groups is 2. The third kappa shape index (κ3) is 7.15. The average molecular weight is 390 g/mol. The molecule has 6 nitrogen and oxygen atoms in total. The van der Waals surface area contributed by atoms with Crippen LogP contribution >= 0.6 is 0 Å². The molecule has 0 bridgehead atoms. The molecule has 0 unspecified atom stereocenters. The van der Waals surface area contributed by atoms with Crippen molar-refractivity contribution in [2.75, 3.05) is 45.9 Å². The summed E-state index contributed by atoms with van der Waals surface area (Å²) in [6, 6.07) is 7.13. The summed E-state index contributed by atoms with van der Waals surface area (Å²) >= 11 is 0. The number of rotatable bonds is 10. The Morgan fingerprint density at radius 2 is 1.75 bits per heavy atom. The van der Waals surface area contributed by atoms with Crippen LogP contribution in [-0.4, -0.2) is 67.5 Å². The molecule has 0 saturated carbocycles. The maximum Gasteiger partial charge on any atom is 0.260 e. The lowest BCUT2D eigenvalue weighted by atomic mass is 10.2. The molecule has 0 radical (unpaired) electrons. The summed E-state index contributed by atoms with van der Waals surface area (Å²) in [5.74, 6) is 0.306. The van der Waals surface area contributed by atoms with Gasteiger partial charge in [0.05, 0.1) is 5.56 Å². The van der Waals surface area contributed by atoms with E-state index in [-0.39, 0.29) is 18.4 Å². The molecule has 2 rings (SSSR count). The van der Waals surface area contributed by atoms with Gasteiger partial charge in [-0.1, -0.05) is 38.8 Å². The molecule has 1 aromatic rings. The number of para-hydroxylation sites is 1. The molecule has 156 valence electrons. The Bertz CT molecular complexity index is 609. The molecule has 0 atom stereocenters. The van der Waals surface area contributed by atoms with E-state index in [2.05, 4.69) is 24.1 Å². The highest BCUT2D eigenvalue weighted by Gasteiger charge is 2.18. The second kappa shape index (κ2) is 12.4. The summed E-state index contributed by atoms with van der Waals surface area (Å²) in [6.45, 7) is 9.50. The molecule has 1 aliphatic heterocycles. The van der Waals surface area contributed by atoms with Crippen LogP contribution in [0.4, 0.5) is 0 Å². The van der Waals surface area contributed by atoms with Gasteiger partial charge in [-0.15, -0.1) is 0 Å². The number of nitrogens with one attached hydrogen (secondary N) is 1. The largest absolute Gasteiger partial charge is 0.483 e. The minimum atomic E-state index is -0.155. The van der Waals surface area contributed by atoms with Crippen LogP contribution in [0.15, 0.2) is 24.3 Å². The average Bonchev–Trinajstić information content (AvgIpc) is 3.02. The highest BCUT2D eigenvalue weighted by Crippen LogP contribution is 2.18. The number of nitrogens with zero attached hydrogens (tertiary/aromatic N) is 2. The predicted molar refractivity (Wildman–Crippen MR) is 112 cm³/mol. The van der Waals surface area contributed by atoms with Crippen molar-refractivity contribution in [3.8, 4) is 5.75 Å². The van der Waals surface area contributed by atoms with Gasteiger partial charge in [-0.25, -0.2) is 0 Å². The van der Waals surface area contributed by atoms with Crippen molar-refractivity contribution in [1.29, 1.82) is 0 Å². The van der Waals surface area contributed by atoms with Crippen LogP contribution in [0.3, 0.4) is 0 Å². The fraction of sp³-hybridized carbons (Fsp3) is 0.636. The van der Waals surface area contributed by atoms with Gasteiger partial charge in [-0.05, 0) is 51.0 Å². The van der Waals surface area contributed by atoms with Crippen molar-refractivity contribution in [1.82, 2.24) is 15.1 Å². The molecular formula is C22H35N3O3. The van der Waals surface area contributed by atoms with Gasteiger partial charge in [0.25, 0.3) is 11.8 Å². The Labute approximate surface area is 169 Å². The van der Waals surface area contributed by atoms with Gasteiger partial charge in [0.2, 0.25) is 0 Å². The van der Waals surface area contributed by atoms with Crippen molar-refractivity contribution in [2.24, 2.45) is 0 Å². The zero-order valence-electron chi connectivity index (χ0n) is 17.4. The Hall–Kier alpha value is -2.08. The summed E-state index contributed by atoms with van der Waals surface area (Å²) in [4.78, 5) is 29.2. The first-order valence-electron chi connectivity index (χ1n) is 10.7. The summed E-state index contributed by atoms with van der Waals surface area (Å²) in [5, 5.41) is 2.96. The SMILES string of the molecule is CCN(CC)CCCNC(=O)c1ccccc1OCC(=O)N1CCCCCC1. The number of benzene rings is 1. The van der Waals surface area contributed by atoms with E-state index in [1.165, 1.54) is 12.8 Å².